The monoisotopic (exact) mass is 134 g/mol. The first-order valence-electron chi connectivity index (χ1n) is 2.65. The van der Waals surface area contributed by atoms with E-state index in [1.807, 2.05) is 13.8 Å². The van der Waals surface area contributed by atoms with Crippen molar-refractivity contribution in [1.29, 1.82) is 0 Å². The van der Waals surface area contributed by atoms with E-state index in [4.69, 9.17) is 12.2 Å². The smallest absolute Gasteiger partial charge is 0.166 e. The first kappa shape index (κ1) is 7.69. The lowest BCUT2D eigenvalue weighted by molar-refractivity contribution is 0.725. The maximum atomic E-state index is 4.81. The maximum Gasteiger partial charge on any atom is 0.166 e. The third kappa shape index (κ3) is 3.87. The van der Waals surface area contributed by atoms with Crippen LogP contribution in [-0.2, 0) is 0 Å². The summed E-state index contributed by atoms with van der Waals surface area (Å²) in [5.41, 5.74) is 0. The summed E-state index contributed by atoms with van der Waals surface area (Å²) in [6.45, 7) is 4.09. The lowest BCUT2D eigenvalue weighted by atomic mass is 10.4. The molecule has 0 aromatic heterocycles. The standard InChI is InChI=1S/C5H12N2S.H2/c1-4(2)7-5(8)6-3;/h4H,1-3H3,(H2,6,7,8);1H. The second-order valence-electron chi connectivity index (χ2n) is 1.88. The maximum absolute atomic E-state index is 4.81. The summed E-state index contributed by atoms with van der Waals surface area (Å²) in [7, 11) is 1.80. The zero-order chi connectivity index (χ0) is 6.57. The molecule has 50 valence electrons. The highest BCUT2D eigenvalue weighted by atomic mass is 32.1. The van der Waals surface area contributed by atoms with Gasteiger partial charge in [0.2, 0.25) is 0 Å². The third-order valence-corrected chi connectivity index (χ3v) is 0.969. The van der Waals surface area contributed by atoms with E-state index in [0.717, 1.165) is 0 Å². The quantitative estimate of drug-likeness (QED) is 0.517. The molecule has 0 fully saturated rings. The summed E-state index contributed by atoms with van der Waals surface area (Å²) in [5, 5.41) is 6.54. The fourth-order valence-electron chi connectivity index (χ4n) is 0.334. The van der Waals surface area contributed by atoms with Crippen molar-refractivity contribution in [2.75, 3.05) is 7.05 Å². The van der Waals surface area contributed by atoms with Gasteiger partial charge in [-0.2, -0.15) is 0 Å². The molecule has 8 heavy (non-hydrogen) atoms. The van der Waals surface area contributed by atoms with E-state index in [1.54, 1.807) is 7.05 Å². The van der Waals surface area contributed by atoms with E-state index < -0.39 is 0 Å². The molecule has 0 atom stereocenters. The molecule has 0 aromatic carbocycles. The van der Waals surface area contributed by atoms with Crippen LogP contribution in [0.15, 0.2) is 0 Å². The second-order valence-corrected chi connectivity index (χ2v) is 2.29. The highest BCUT2D eigenvalue weighted by molar-refractivity contribution is 7.80. The van der Waals surface area contributed by atoms with Gasteiger partial charge in [0, 0.05) is 14.5 Å². The predicted molar refractivity (Wildman–Crippen MR) is 42.0 cm³/mol. The van der Waals surface area contributed by atoms with Gasteiger partial charge in [0.1, 0.15) is 0 Å². The minimum absolute atomic E-state index is 0. The minimum atomic E-state index is 0. The molecule has 2 N–H and O–H groups in total. The van der Waals surface area contributed by atoms with E-state index in [9.17, 15) is 0 Å². The van der Waals surface area contributed by atoms with Crippen molar-refractivity contribution >= 4 is 17.3 Å². The minimum Gasteiger partial charge on any atom is -0.366 e. The fourth-order valence-corrected chi connectivity index (χ4v) is 0.570. The van der Waals surface area contributed by atoms with E-state index in [2.05, 4.69) is 10.6 Å². The van der Waals surface area contributed by atoms with Crippen molar-refractivity contribution in [3.05, 3.63) is 0 Å². The van der Waals surface area contributed by atoms with Gasteiger partial charge in [-0.3, -0.25) is 0 Å². The zero-order valence-corrected chi connectivity index (χ0v) is 6.30. The largest absolute Gasteiger partial charge is 0.366 e. The molecule has 0 aliphatic carbocycles. The van der Waals surface area contributed by atoms with Crippen LogP contribution in [-0.4, -0.2) is 18.2 Å². The van der Waals surface area contributed by atoms with Crippen LogP contribution in [0.4, 0.5) is 0 Å². The van der Waals surface area contributed by atoms with Crippen LogP contribution in [0.3, 0.4) is 0 Å². The van der Waals surface area contributed by atoms with Gasteiger partial charge in [-0.15, -0.1) is 0 Å². The molecule has 0 saturated heterocycles. The molecular formula is C5H14N2S. The molecule has 0 radical (unpaired) electrons. The lowest BCUT2D eigenvalue weighted by Crippen LogP contribution is -2.36. The summed E-state index contributed by atoms with van der Waals surface area (Å²) in [6.07, 6.45) is 0. The van der Waals surface area contributed by atoms with Crippen LogP contribution in [0, 0.1) is 0 Å². The molecule has 0 aliphatic rings. The van der Waals surface area contributed by atoms with Crippen LogP contribution < -0.4 is 10.6 Å². The lowest BCUT2D eigenvalue weighted by Gasteiger charge is -2.08. The van der Waals surface area contributed by atoms with Gasteiger partial charge in [-0.05, 0) is 26.1 Å². The average molecular weight is 134 g/mol. The van der Waals surface area contributed by atoms with Crippen molar-refractivity contribution < 1.29 is 1.43 Å². The van der Waals surface area contributed by atoms with Crippen LogP contribution in [0.25, 0.3) is 0 Å². The molecule has 0 aliphatic heterocycles. The van der Waals surface area contributed by atoms with Crippen molar-refractivity contribution in [2.24, 2.45) is 0 Å². The van der Waals surface area contributed by atoms with Crippen LogP contribution in [0.2, 0.25) is 0 Å². The SMILES string of the molecule is CNC(=S)NC(C)C.[HH]. The van der Waals surface area contributed by atoms with Crippen molar-refractivity contribution in [3.8, 4) is 0 Å². The molecule has 3 heteroatoms. The van der Waals surface area contributed by atoms with Crippen LogP contribution >= 0.6 is 12.2 Å². The molecular weight excluding hydrogens is 120 g/mol. The molecule has 0 saturated carbocycles. The first-order chi connectivity index (χ1) is 3.66. The molecule has 2 nitrogen and oxygen atoms in total. The van der Waals surface area contributed by atoms with E-state index in [0.29, 0.717) is 11.2 Å². The topological polar surface area (TPSA) is 24.1 Å². The van der Waals surface area contributed by atoms with Gasteiger partial charge in [-0.1, -0.05) is 0 Å². The highest BCUT2D eigenvalue weighted by Crippen LogP contribution is 1.74. The Morgan fingerprint density at radius 2 is 2.12 bits per heavy atom. The summed E-state index contributed by atoms with van der Waals surface area (Å²) in [5.74, 6) is 0. The summed E-state index contributed by atoms with van der Waals surface area (Å²) in [6, 6.07) is 0.426. The predicted octanol–water partition coefficient (Wildman–Crippen LogP) is 0.735. The van der Waals surface area contributed by atoms with Crippen LogP contribution in [0.1, 0.15) is 15.3 Å². The van der Waals surface area contributed by atoms with Gasteiger partial charge in [0.05, 0.1) is 0 Å². The third-order valence-electron chi connectivity index (χ3n) is 0.647. The Morgan fingerprint density at radius 3 is 2.25 bits per heavy atom. The molecule has 0 bridgehead atoms. The van der Waals surface area contributed by atoms with Gasteiger partial charge >= 0.3 is 0 Å². The highest BCUT2D eigenvalue weighted by Gasteiger charge is 1.91. The number of nitrogens with one attached hydrogen (secondary N) is 2. The first-order valence-corrected chi connectivity index (χ1v) is 3.06. The Morgan fingerprint density at radius 1 is 1.62 bits per heavy atom. The summed E-state index contributed by atoms with van der Waals surface area (Å²) >= 11 is 4.81. The number of thiocarbonyl (C=S) groups is 1. The normalized spacial score (nSPS) is 9.00. The van der Waals surface area contributed by atoms with E-state index >= 15 is 0 Å². The van der Waals surface area contributed by atoms with Crippen molar-refractivity contribution in [1.82, 2.24) is 10.6 Å². The number of hydrogen-bond donors (Lipinski definition) is 2. The number of rotatable bonds is 1. The Kier molecular flexibility index (Phi) is 3.52. The Labute approximate surface area is 57.1 Å². The van der Waals surface area contributed by atoms with Gasteiger partial charge in [0.25, 0.3) is 0 Å². The Bertz CT molecular complexity index is 85.0. The van der Waals surface area contributed by atoms with Gasteiger partial charge in [-0.25, -0.2) is 0 Å². The van der Waals surface area contributed by atoms with Crippen molar-refractivity contribution in [2.45, 2.75) is 19.9 Å². The Balaban J connectivity index is 0. The van der Waals surface area contributed by atoms with E-state index in [1.165, 1.54) is 0 Å². The molecule has 0 spiro atoms. The van der Waals surface area contributed by atoms with Gasteiger partial charge < -0.3 is 10.6 Å². The summed E-state index contributed by atoms with van der Waals surface area (Å²) < 4.78 is 0. The molecule has 0 rings (SSSR count). The second kappa shape index (κ2) is 3.66. The zero-order valence-electron chi connectivity index (χ0n) is 5.49. The van der Waals surface area contributed by atoms with Crippen molar-refractivity contribution in [3.63, 3.8) is 0 Å². The van der Waals surface area contributed by atoms with Crippen LogP contribution in [0.5, 0.6) is 0 Å². The molecule has 0 aromatic rings. The van der Waals surface area contributed by atoms with E-state index in [-0.39, 0.29) is 1.43 Å². The number of hydrogen-bond acceptors (Lipinski definition) is 1. The van der Waals surface area contributed by atoms with Gasteiger partial charge in [0.15, 0.2) is 5.11 Å². The molecule has 0 heterocycles. The average Bonchev–Trinajstić information content (AvgIpc) is 1.65. The molecule has 0 unspecified atom stereocenters. The Hall–Kier alpha value is -0.310. The fraction of sp³-hybridized carbons (Fsp3) is 0.800. The molecule has 0 amide bonds. The summed E-state index contributed by atoms with van der Waals surface area (Å²) in [4.78, 5) is 0.